The molecule has 1 unspecified atom stereocenters. The third kappa shape index (κ3) is 2.69. The fraction of sp³-hybridized carbons (Fsp3) is 1.00. The largest absolute Gasteiger partial charge is 0.411 e. The van der Waals surface area contributed by atoms with E-state index in [4.69, 9.17) is 18.6 Å². The molecule has 1 heterocycles. The van der Waals surface area contributed by atoms with Gasteiger partial charge in [0.25, 0.3) is 9.04 Å². The van der Waals surface area contributed by atoms with Gasteiger partial charge < -0.3 is 18.6 Å². The van der Waals surface area contributed by atoms with Crippen LogP contribution in [0.2, 0.25) is 6.04 Å². The lowest BCUT2D eigenvalue weighted by atomic mass is 10.4. The topological polar surface area (TPSA) is 36.9 Å². The van der Waals surface area contributed by atoms with Gasteiger partial charge in [0.15, 0.2) is 0 Å². The Labute approximate surface area is 96.4 Å². The van der Waals surface area contributed by atoms with E-state index in [1.165, 1.54) is 6.42 Å². The minimum Gasteiger partial charge on any atom is -0.411 e. The Morgan fingerprint density at radius 3 is 2.33 bits per heavy atom. The summed E-state index contributed by atoms with van der Waals surface area (Å²) in [6, 6.07) is 1.02. The molecular formula is C9H18O4Si2. The predicted octanol–water partition coefficient (Wildman–Crippen LogP) is 0.458. The number of hydrogen-bond acceptors (Lipinski definition) is 4. The Morgan fingerprint density at radius 1 is 1.27 bits per heavy atom. The van der Waals surface area contributed by atoms with Crippen molar-refractivity contribution >= 4 is 19.3 Å². The molecule has 4 nitrogen and oxygen atoms in total. The molecule has 0 N–H and O–H groups in total. The zero-order valence-corrected chi connectivity index (χ0v) is 11.5. The Hall–Kier alpha value is 0.274. The van der Waals surface area contributed by atoms with Crippen LogP contribution in [0.4, 0.5) is 0 Å². The maximum atomic E-state index is 5.79. The monoisotopic (exact) mass is 246 g/mol. The summed E-state index contributed by atoms with van der Waals surface area (Å²) in [6.45, 7) is 0.797. The highest BCUT2D eigenvalue weighted by Gasteiger charge is 2.48. The van der Waals surface area contributed by atoms with Crippen LogP contribution in [0.3, 0.4) is 0 Å². The van der Waals surface area contributed by atoms with E-state index < -0.39 is 14.5 Å². The fourth-order valence-electron chi connectivity index (χ4n) is 1.76. The van der Waals surface area contributed by atoms with Gasteiger partial charge in [0.1, 0.15) is 0 Å². The number of rotatable bonds is 5. The van der Waals surface area contributed by atoms with E-state index in [0.29, 0.717) is 0 Å². The minimum atomic E-state index is -1.18. The quantitative estimate of drug-likeness (QED) is 0.522. The summed E-state index contributed by atoms with van der Waals surface area (Å²) >= 11 is 0. The SMILES string of the molecule is COC([Si])C(OC)(OC)[Si]1CCCCO1. The van der Waals surface area contributed by atoms with Crippen LogP contribution in [0, 0.1) is 0 Å². The second-order valence-corrected chi connectivity index (χ2v) is 6.28. The number of ether oxygens (including phenoxy) is 3. The molecule has 1 atom stereocenters. The van der Waals surface area contributed by atoms with Crippen molar-refractivity contribution in [3.63, 3.8) is 0 Å². The van der Waals surface area contributed by atoms with Gasteiger partial charge in [0, 0.05) is 27.9 Å². The molecule has 0 saturated carbocycles. The molecule has 4 radical (unpaired) electrons. The van der Waals surface area contributed by atoms with Gasteiger partial charge in [-0.1, -0.05) is 6.42 Å². The van der Waals surface area contributed by atoms with Crippen LogP contribution in [-0.4, -0.2) is 58.4 Å². The Morgan fingerprint density at radius 2 is 1.93 bits per heavy atom. The molecule has 86 valence electrons. The zero-order valence-electron chi connectivity index (χ0n) is 9.54. The van der Waals surface area contributed by atoms with Gasteiger partial charge >= 0.3 is 0 Å². The smallest absolute Gasteiger partial charge is 0.283 e. The van der Waals surface area contributed by atoms with E-state index in [1.807, 2.05) is 0 Å². The van der Waals surface area contributed by atoms with Gasteiger partial charge in [0.2, 0.25) is 5.41 Å². The zero-order chi connectivity index (χ0) is 11.3. The first-order chi connectivity index (χ1) is 7.21. The van der Waals surface area contributed by atoms with Gasteiger partial charge in [0.05, 0.1) is 16.0 Å². The Kier molecular flexibility index (Phi) is 5.44. The minimum absolute atomic E-state index is 0.306. The van der Waals surface area contributed by atoms with E-state index in [0.717, 1.165) is 19.1 Å². The Balaban J connectivity index is 2.77. The van der Waals surface area contributed by atoms with Crippen LogP contribution in [-0.2, 0) is 18.6 Å². The van der Waals surface area contributed by atoms with Gasteiger partial charge in [-0.25, -0.2) is 0 Å². The Bertz CT molecular complexity index is 181. The number of methoxy groups -OCH3 is 3. The van der Waals surface area contributed by atoms with Gasteiger partial charge in [-0.15, -0.1) is 0 Å². The predicted molar refractivity (Wildman–Crippen MR) is 59.0 cm³/mol. The molecule has 0 aromatic carbocycles. The second-order valence-electron chi connectivity index (χ2n) is 3.42. The van der Waals surface area contributed by atoms with Crippen molar-refractivity contribution in [3.05, 3.63) is 0 Å². The summed E-state index contributed by atoms with van der Waals surface area (Å²) in [5, 5.41) is 0. The van der Waals surface area contributed by atoms with Gasteiger partial charge in [-0.05, 0) is 12.5 Å². The van der Waals surface area contributed by atoms with Crippen LogP contribution in [0.15, 0.2) is 0 Å². The van der Waals surface area contributed by atoms with Crippen molar-refractivity contribution in [1.82, 2.24) is 0 Å². The standard InChI is InChI=1S/C9H18O4Si2/c1-10-8(14)9(11-2,12-3)15-7-5-4-6-13-15/h8H,4-7H2,1-3H3. The molecule has 1 aliphatic rings. The van der Waals surface area contributed by atoms with Crippen molar-refractivity contribution in [2.75, 3.05) is 27.9 Å². The van der Waals surface area contributed by atoms with E-state index in [9.17, 15) is 0 Å². The molecule has 6 heteroatoms. The lowest BCUT2D eigenvalue weighted by molar-refractivity contribution is -0.198. The van der Waals surface area contributed by atoms with Gasteiger partial charge in [-0.2, -0.15) is 0 Å². The van der Waals surface area contributed by atoms with Crippen molar-refractivity contribution < 1.29 is 18.6 Å². The molecular weight excluding hydrogens is 228 g/mol. The van der Waals surface area contributed by atoms with E-state index in [-0.39, 0.29) is 5.73 Å². The summed E-state index contributed by atoms with van der Waals surface area (Å²) in [4.78, 5) is 0. The van der Waals surface area contributed by atoms with Crippen LogP contribution in [0.1, 0.15) is 12.8 Å². The molecule has 1 fully saturated rings. The van der Waals surface area contributed by atoms with E-state index in [2.05, 4.69) is 10.2 Å². The maximum Gasteiger partial charge on any atom is 0.283 e. The summed E-state index contributed by atoms with van der Waals surface area (Å²) in [5.74, 6) is 0. The summed E-state index contributed by atoms with van der Waals surface area (Å²) < 4.78 is 22.1. The molecule has 0 aromatic rings. The summed E-state index contributed by atoms with van der Waals surface area (Å²) in [5.41, 5.74) is -1.07. The highest BCUT2D eigenvalue weighted by Crippen LogP contribution is 2.28. The third-order valence-corrected chi connectivity index (χ3v) is 6.36. The average molecular weight is 246 g/mol. The molecule has 1 rings (SSSR count). The maximum absolute atomic E-state index is 5.79. The first kappa shape index (κ1) is 13.3. The molecule has 0 bridgehead atoms. The lowest BCUT2D eigenvalue weighted by Gasteiger charge is -2.41. The second kappa shape index (κ2) is 6.12. The number of hydrogen-bond donors (Lipinski definition) is 0. The van der Waals surface area contributed by atoms with Crippen molar-refractivity contribution in [2.45, 2.75) is 30.0 Å². The normalized spacial score (nSPS) is 21.6. The van der Waals surface area contributed by atoms with Crippen LogP contribution >= 0.6 is 0 Å². The fourth-order valence-corrected chi connectivity index (χ4v) is 5.00. The van der Waals surface area contributed by atoms with E-state index in [1.54, 1.807) is 21.3 Å². The van der Waals surface area contributed by atoms with Crippen LogP contribution < -0.4 is 0 Å². The van der Waals surface area contributed by atoms with Crippen molar-refractivity contribution in [3.8, 4) is 0 Å². The highest BCUT2D eigenvalue weighted by atomic mass is 28.3. The molecule has 1 saturated heterocycles. The molecule has 0 spiro atoms. The van der Waals surface area contributed by atoms with Gasteiger partial charge in [-0.3, -0.25) is 0 Å². The molecule has 1 aliphatic heterocycles. The first-order valence-corrected chi connectivity index (χ1v) is 7.24. The lowest BCUT2D eigenvalue weighted by Crippen LogP contribution is -2.60. The summed E-state index contributed by atoms with van der Waals surface area (Å²) in [7, 11) is 7.19. The molecule has 0 aromatic heterocycles. The highest BCUT2D eigenvalue weighted by molar-refractivity contribution is 6.56. The molecule has 0 aliphatic carbocycles. The average Bonchev–Trinajstić information content (AvgIpc) is 2.32. The molecule has 15 heavy (non-hydrogen) atoms. The van der Waals surface area contributed by atoms with E-state index >= 15 is 0 Å². The summed E-state index contributed by atoms with van der Waals surface area (Å²) in [6.07, 6.45) is 2.29. The van der Waals surface area contributed by atoms with Crippen molar-refractivity contribution in [2.24, 2.45) is 0 Å². The third-order valence-electron chi connectivity index (χ3n) is 2.65. The van der Waals surface area contributed by atoms with Crippen LogP contribution in [0.5, 0.6) is 0 Å². The first-order valence-electron chi connectivity index (χ1n) is 5.04. The van der Waals surface area contributed by atoms with Crippen LogP contribution in [0.25, 0.3) is 0 Å². The van der Waals surface area contributed by atoms with Crippen molar-refractivity contribution in [1.29, 1.82) is 0 Å². The molecule has 0 amide bonds.